The molecule has 0 saturated carbocycles. The molecule has 3 aromatic carbocycles. The highest BCUT2D eigenvalue weighted by Gasteiger charge is 2.66. The van der Waals surface area contributed by atoms with Gasteiger partial charge >= 0.3 is 5.97 Å². The summed E-state index contributed by atoms with van der Waals surface area (Å²) in [5.41, 5.74) is 0.139. The Morgan fingerprint density at radius 1 is 1.07 bits per heavy atom. The molecular weight excluding hydrogens is 596 g/mol. The number of methoxy groups -OCH3 is 1. The third kappa shape index (κ3) is 5.81. The van der Waals surface area contributed by atoms with E-state index in [1.807, 2.05) is 20.8 Å². The van der Waals surface area contributed by atoms with Gasteiger partial charge in [0.05, 0.1) is 18.2 Å². The molecule has 0 radical (unpaired) electrons. The van der Waals surface area contributed by atoms with Crippen molar-refractivity contribution in [2.24, 2.45) is 5.41 Å². The Bertz CT molecular complexity index is 1580. The van der Waals surface area contributed by atoms with Crippen LogP contribution in [0, 0.1) is 11.2 Å². The number of amides is 2. The Labute approximate surface area is 259 Å². The fourth-order valence-electron chi connectivity index (χ4n) is 6.21. The first-order valence-electron chi connectivity index (χ1n) is 13.8. The van der Waals surface area contributed by atoms with Crippen molar-refractivity contribution in [1.82, 2.24) is 5.32 Å². The molecular formula is C32H32Cl2FN3O5. The van der Waals surface area contributed by atoms with Crippen molar-refractivity contribution in [3.63, 3.8) is 0 Å². The average molecular weight is 629 g/mol. The number of benzene rings is 3. The van der Waals surface area contributed by atoms with E-state index < -0.39 is 41.1 Å². The average Bonchev–Trinajstić information content (AvgIpc) is 3.42. The van der Waals surface area contributed by atoms with Gasteiger partial charge in [-0.05, 0) is 65.4 Å². The van der Waals surface area contributed by atoms with Gasteiger partial charge in [0, 0.05) is 28.4 Å². The van der Waals surface area contributed by atoms with Crippen LogP contribution in [-0.4, -0.2) is 43.6 Å². The van der Waals surface area contributed by atoms with E-state index in [1.165, 1.54) is 13.2 Å². The number of anilines is 2. The van der Waals surface area contributed by atoms with Gasteiger partial charge in [0.1, 0.15) is 17.0 Å². The minimum absolute atomic E-state index is 0.108. The van der Waals surface area contributed by atoms with E-state index in [0.717, 1.165) is 0 Å². The highest BCUT2D eigenvalue weighted by atomic mass is 35.5. The van der Waals surface area contributed by atoms with E-state index in [-0.39, 0.29) is 28.5 Å². The number of nitrogens with one attached hydrogen (secondary N) is 3. The van der Waals surface area contributed by atoms with Crippen LogP contribution in [0.1, 0.15) is 44.2 Å². The quantitative estimate of drug-likeness (QED) is 0.274. The summed E-state index contributed by atoms with van der Waals surface area (Å²) < 4.78 is 25.9. The van der Waals surface area contributed by atoms with Gasteiger partial charge in [0.2, 0.25) is 11.8 Å². The maximum absolute atomic E-state index is 15.9. The van der Waals surface area contributed by atoms with Crippen molar-refractivity contribution < 1.29 is 28.2 Å². The lowest BCUT2D eigenvalue weighted by Gasteiger charge is -2.37. The molecule has 8 nitrogen and oxygen atoms in total. The Balaban J connectivity index is 1.59. The molecule has 4 atom stereocenters. The summed E-state index contributed by atoms with van der Waals surface area (Å²) in [6, 6.07) is 14.6. The van der Waals surface area contributed by atoms with Crippen molar-refractivity contribution in [1.29, 1.82) is 0 Å². The predicted octanol–water partition coefficient (Wildman–Crippen LogP) is 6.07. The van der Waals surface area contributed by atoms with Crippen LogP contribution in [0.2, 0.25) is 10.0 Å². The summed E-state index contributed by atoms with van der Waals surface area (Å²) in [5, 5.41) is 9.63. The molecule has 1 spiro atoms. The largest absolute Gasteiger partial charge is 0.482 e. The number of ether oxygens (including phenoxy) is 2. The lowest BCUT2D eigenvalue weighted by Crippen LogP contribution is -2.49. The van der Waals surface area contributed by atoms with E-state index in [4.69, 9.17) is 27.9 Å². The molecule has 1 fully saturated rings. The second-order valence-electron chi connectivity index (χ2n) is 12.0. The fraction of sp³-hybridized carbons (Fsp3) is 0.344. The summed E-state index contributed by atoms with van der Waals surface area (Å²) in [7, 11) is 1.27. The fourth-order valence-corrected chi connectivity index (χ4v) is 6.56. The lowest BCUT2D eigenvalue weighted by molar-refractivity contribution is -0.143. The van der Waals surface area contributed by atoms with Gasteiger partial charge in [-0.3, -0.25) is 9.59 Å². The molecule has 1 unspecified atom stereocenters. The number of halogens is 3. The van der Waals surface area contributed by atoms with Crippen LogP contribution in [0.3, 0.4) is 0 Å². The van der Waals surface area contributed by atoms with Gasteiger partial charge in [-0.2, -0.15) is 0 Å². The number of hydrogen-bond acceptors (Lipinski definition) is 6. The Hall–Kier alpha value is -3.66. The summed E-state index contributed by atoms with van der Waals surface area (Å²) in [5.74, 6) is -2.58. The van der Waals surface area contributed by atoms with Gasteiger partial charge in [0.25, 0.3) is 0 Å². The zero-order valence-corrected chi connectivity index (χ0v) is 25.6. The van der Waals surface area contributed by atoms with E-state index in [0.29, 0.717) is 34.1 Å². The second kappa shape index (κ2) is 11.8. The molecule has 3 N–H and O–H groups in total. The molecule has 2 amide bonds. The highest BCUT2D eigenvalue weighted by molar-refractivity contribution is 6.31. The topological polar surface area (TPSA) is 106 Å². The van der Waals surface area contributed by atoms with Crippen molar-refractivity contribution in [3.05, 3.63) is 87.7 Å². The van der Waals surface area contributed by atoms with E-state index >= 15 is 4.39 Å². The molecule has 43 heavy (non-hydrogen) atoms. The predicted molar refractivity (Wildman–Crippen MR) is 163 cm³/mol. The maximum atomic E-state index is 15.9. The van der Waals surface area contributed by atoms with Crippen LogP contribution in [-0.2, 0) is 24.5 Å². The van der Waals surface area contributed by atoms with Crippen LogP contribution >= 0.6 is 23.2 Å². The summed E-state index contributed by atoms with van der Waals surface area (Å²) >= 11 is 12.6. The molecule has 2 aliphatic heterocycles. The first kappa shape index (κ1) is 30.8. The Kier molecular flexibility index (Phi) is 8.44. The highest BCUT2D eigenvalue weighted by Crippen LogP contribution is 2.57. The molecule has 2 heterocycles. The Morgan fingerprint density at radius 2 is 1.79 bits per heavy atom. The van der Waals surface area contributed by atoms with Crippen molar-refractivity contribution in [3.8, 4) is 5.75 Å². The van der Waals surface area contributed by atoms with Crippen LogP contribution < -0.4 is 20.7 Å². The van der Waals surface area contributed by atoms with Gasteiger partial charge in [-0.25, -0.2) is 9.18 Å². The van der Waals surface area contributed by atoms with Gasteiger partial charge in [-0.1, -0.05) is 62.2 Å². The molecule has 0 bridgehead atoms. The molecule has 226 valence electrons. The molecule has 3 aromatic rings. The lowest BCUT2D eigenvalue weighted by atomic mass is 9.62. The zero-order chi connectivity index (χ0) is 31.1. The monoisotopic (exact) mass is 627 g/mol. The first-order valence-corrected chi connectivity index (χ1v) is 14.5. The third-order valence-corrected chi connectivity index (χ3v) is 8.45. The zero-order valence-electron chi connectivity index (χ0n) is 24.1. The molecule has 1 saturated heterocycles. The molecule has 2 aliphatic rings. The molecule has 0 aliphatic carbocycles. The molecule has 5 rings (SSSR count). The molecule has 11 heteroatoms. The number of carbonyl (C=O) groups excluding carboxylic acids is 3. The Morgan fingerprint density at radius 3 is 2.47 bits per heavy atom. The van der Waals surface area contributed by atoms with Crippen molar-refractivity contribution in [2.45, 2.75) is 50.6 Å². The summed E-state index contributed by atoms with van der Waals surface area (Å²) in [6.07, 6.45) is 0.497. The first-order chi connectivity index (χ1) is 20.3. The normalized spacial score (nSPS) is 22.7. The number of rotatable bonds is 7. The van der Waals surface area contributed by atoms with Crippen LogP contribution in [0.5, 0.6) is 5.75 Å². The van der Waals surface area contributed by atoms with E-state index in [9.17, 15) is 14.4 Å². The van der Waals surface area contributed by atoms with Crippen molar-refractivity contribution >= 4 is 52.4 Å². The van der Waals surface area contributed by atoms with Crippen LogP contribution in [0.25, 0.3) is 0 Å². The van der Waals surface area contributed by atoms with E-state index in [1.54, 1.807) is 54.6 Å². The van der Waals surface area contributed by atoms with Crippen LogP contribution in [0.4, 0.5) is 15.8 Å². The van der Waals surface area contributed by atoms with Gasteiger partial charge in [0.15, 0.2) is 6.61 Å². The van der Waals surface area contributed by atoms with Crippen molar-refractivity contribution in [2.75, 3.05) is 24.4 Å². The number of fused-ring (bicyclic) bond motifs is 2. The number of carbonyl (C=O) groups is 3. The standard InChI is InChI=1S/C32H32Cl2FN3O5/c1-31(2,3)15-24-32(21-13-8-17(33)14-23(21)37-30(32)41)26(20-6-5-7-22(34)27(20)35)28(38-24)29(40)36-18-9-11-19(12-10-18)43-16-25(39)42-4/h5-14,24,26,28,38H,15-16H2,1-4H3,(H,36,40)(H,37,41)/t24-,26-,28+,32?/m0/s1. The molecule has 0 aromatic heterocycles. The minimum Gasteiger partial charge on any atom is -0.482 e. The maximum Gasteiger partial charge on any atom is 0.343 e. The minimum atomic E-state index is -1.35. The van der Waals surface area contributed by atoms with Gasteiger partial charge < -0.3 is 25.4 Å². The second-order valence-corrected chi connectivity index (χ2v) is 12.8. The van der Waals surface area contributed by atoms with E-state index in [2.05, 4.69) is 20.7 Å². The summed E-state index contributed by atoms with van der Waals surface area (Å²) in [4.78, 5) is 39.7. The number of hydrogen-bond donors (Lipinski definition) is 3. The number of esters is 1. The SMILES string of the molecule is COC(=O)COc1ccc(NC(=O)[C@@H]2N[C@@H](CC(C)(C)C)C3(C(=O)Nc4cc(Cl)ccc43)[C@H]2c2cccc(Cl)c2F)cc1. The van der Waals surface area contributed by atoms with Gasteiger partial charge in [-0.15, -0.1) is 0 Å². The van der Waals surface area contributed by atoms with Crippen LogP contribution in [0.15, 0.2) is 60.7 Å². The smallest absolute Gasteiger partial charge is 0.343 e. The summed E-state index contributed by atoms with van der Waals surface area (Å²) in [6.45, 7) is 5.88. The third-order valence-electron chi connectivity index (χ3n) is 7.93.